The predicted octanol–water partition coefficient (Wildman–Crippen LogP) is 3.32. The summed E-state index contributed by atoms with van der Waals surface area (Å²) in [7, 11) is 1.50. The summed E-state index contributed by atoms with van der Waals surface area (Å²) in [5, 5.41) is 9.60. The van der Waals surface area contributed by atoms with Crippen molar-refractivity contribution in [1.29, 1.82) is 0 Å². The molecule has 10 heteroatoms. The van der Waals surface area contributed by atoms with Crippen molar-refractivity contribution < 1.29 is 18.8 Å². The van der Waals surface area contributed by atoms with E-state index in [1.54, 1.807) is 36.4 Å². The lowest BCUT2D eigenvalue weighted by Crippen LogP contribution is -2.34. The summed E-state index contributed by atoms with van der Waals surface area (Å²) in [4.78, 5) is 28.4. The van der Waals surface area contributed by atoms with Gasteiger partial charge in [0.05, 0.1) is 18.2 Å². The zero-order valence-corrected chi connectivity index (χ0v) is 17.6. The summed E-state index contributed by atoms with van der Waals surface area (Å²) in [5.74, 6) is -0.340. The van der Waals surface area contributed by atoms with Crippen LogP contribution in [0.25, 0.3) is 11.4 Å². The minimum absolute atomic E-state index is 0.178. The van der Waals surface area contributed by atoms with E-state index in [0.29, 0.717) is 26.4 Å². The molecule has 0 radical (unpaired) electrons. The van der Waals surface area contributed by atoms with E-state index in [4.69, 9.17) is 20.9 Å². The third-order valence-corrected chi connectivity index (χ3v) is 4.76. The second-order valence-electron chi connectivity index (χ2n) is 5.76. The molecule has 0 aliphatic heterocycles. The van der Waals surface area contributed by atoms with Crippen molar-refractivity contribution in [2.45, 2.75) is 0 Å². The van der Waals surface area contributed by atoms with E-state index in [2.05, 4.69) is 36.7 Å². The first-order valence-electron chi connectivity index (χ1n) is 8.48. The van der Waals surface area contributed by atoms with Crippen LogP contribution in [0.2, 0.25) is 5.02 Å². The molecule has 0 aliphatic carbocycles. The number of rotatable bonds is 7. The van der Waals surface area contributed by atoms with Gasteiger partial charge >= 0.3 is 11.8 Å². The monoisotopic (exact) mass is 478 g/mol. The normalized spacial score (nSPS) is 10.4. The van der Waals surface area contributed by atoms with Crippen LogP contribution in [0.1, 0.15) is 21.0 Å². The van der Waals surface area contributed by atoms with Crippen molar-refractivity contribution in [2.75, 3.05) is 20.2 Å². The zero-order valence-electron chi connectivity index (χ0n) is 15.2. The summed E-state index contributed by atoms with van der Waals surface area (Å²) in [5.41, 5.74) is 1.01. The molecule has 2 amide bonds. The van der Waals surface area contributed by atoms with Gasteiger partial charge in [-0.15, -0.1) is 0 Å². The number of benzene rings is 2. The molecule has 0 saturated carbocycles. The number of nitrogens with zero attached hydrogens (tertiary/aromatic N) is 2. The van der Waals surface area contributed by atoms with Crippen molar-refractivity contribution in [3.8, 4) is 17.1 Å². The van der Waals surface area contributed by atoms with Crippen LogP contribution in [0.4, 0.5) is 0 Å². The maximum Gasteiger partial charge on any atom is 0.316 e. The smallest absolute Gasteiger partial charge is 0.316 e. The molecule has 0 bridgehead atoms. The number of methoxy groups -OCH3 is 1. The lowest BCUT2D eigenvalue weighted by atomic mass is 10.2. The Labute approximate surface area is 179 Å². The Hall–Kier alpha value is -2.91. The average molecular weight is 480 g/mol. The van der Waals surface area contributed by atoms with Crippen LogP contribution in [0.15, 0.2) is 51.5 Å². The molecule has 2 N–H and O–H groups in total. The molecule has 0 spiro atoms. The van der Waals surface area contributed by atoms with Gasteiger partial charge in [-0.2, -0.15) is 4.98 Å². The standard InChI is InChI=1S/C19H16BrClN4O4/c1-28-15-7-6-11(21)10-13(15)16-24-19(29-25-16)18(27)23-9-8-22-17(26)12-4-2-3-5-14(12)20/h2-7,10H,8-9H2,1H3,(H,22,26)(H,23,27). The second kappa shape index (κ2) is 9.53. The summed E-state index contributed by atoms with van der Waals surface area (Å²) >= 11 is 9.32. The number of hydrogen-bond donors (Lipinski definition) is 2. The Balaban J connectivity index is 1.55. The van der Waals surface area contributed by atoms with Crippen LogP contribution in [0, 0.1) is 0 Å². The highest BCUT2D eigenvalue weighted by Crippen LogP contribution is 2.30. The Morgan fingerprint density at radius 3 is 2.59 bits per heavy atom. The Bertz CT molecular complexity index is 1040. The highest BCUT2D eigenvalue weighted by Gasteiger charge is 2.18. The summed E-state index contributed by atoms with van der Waals surface area (Å²) in [6.07, 6.45) is 0. The quantitative estimate of drug-likeness (QED) is 0.504. The van der Waals surface area contributed by atoms with Crippen LogP contribution >= 0.6 is 27.5 Å². The molecule has 29 heavy (non-hydrogen) atoms. The molecule has 0 fully saturated rings. The molecule has 1 aromatic heterocycles. The zero-order chi connectivity index (χ0) is 20.8. The van der Waals surface area contributed by atoms with E-state index in [-0.39, 0.29) is 30.7 Å². The van der Waals surface area contributed by atoms with Gasteiger partial charge in [-0.3, -0.25) is 9.59 Å². The van der Waals surface area contributed by atoms with Crippen LogP contribution in [-0.2, 0) is 0 Å². The minimum Gasteiger partial charge on any atom is -0.496 e. The lowest BCUT2D eigenvalue weighted by molar-refractivity contribution is 0.0898. The number of hydrogen-bond acceptors (Lipinski definition) is 6. The van der Waals surface area contributed by atoms with Gasteiger partial charge in [0, 0.05) is 22.6 Å². The highest BCUT2D eigenvalue weighted by molar-refractivity contribution is 9.10. The summed E-state index contributed by atoms with van der Waals surface area (Å²) < 4.78 is 11.0. The number of carbonyl (C=O) groups is 2. The largest absolute Gasteiger partial charge is 0.496 e. The molecule has 0 atom stereocenters. The fourth-order valence-electron chi connectivity index (χ4n) is 2.45. The van der Waals surface area contributed by atoms with Crippen LogP contribution < -0.4 is 15.4 Å². The first-order chi connectivity index (χ1) is 14.0. The topological polar surface area (TPSA) is 106 Å². The van der Waals surface area contributed by atoms with E-state index < -0.39 is 5.91 Å². The number of ether oxygens (including phenoxy) is 1. The summed E-state index contributed by atoms with van der Waals surface area (Å²) in [6.45, 7) is 0.419. The van der Waals surface area contributed by atoms with Crippen LogP contribution in [-0.4, -0.2) is 42.2 Å². The van der Waals surface area contributed by atoms with E-state index in [0.717, 1.165) is 0 Å². The molecule has 0 unspecified atom stereocenters. The van der Waals surface area contributed by atoms with E-state index >= 15 is 0 Å². The predicted molar refractivity (Wildman–Crippen MR) is 110 cm³/mol. The molecule has 0 saturated heterocycles. The Kier molecular flexibility index (Phi) is 6.84. The molecule has 8 nitrogen and oxygen atoms in total. The van der Waals surface area contributed by atoms with E-state index in [1.165, 1.54) is 7.11 Å². The molecule has 2 aromatic carbocycles. The van der Waals surface area contributed by atoms with Gasteiger partial charge in [-0.25, -0.2) is 0 Å². The van der Waals surface area contributed by atoms with Gasteiger partial charge < -0.3 is 19.9 Å². The number of halogens is 2. The fraction of sp³-hybridized carbons (Fsp3) is 0.158. The van der Waals surface area contributed by atoms with Crippen molar-refractivity contribution in [1.82, 2.24) is 20.8 Å². The molecular weight excluding hydrogens is 464 g/mol. The van der Waals surface area contributed by atoms with Gasteiger partial charge in [0.15, 0.2) is 0 Å². The second-order valence-corrected chi connectivity index (χ2v) is 7.05. The van der Waals surface area contributed by atoms with Gasteiger partial charge in [-0.1, -0.05) is 28.9 Å². The third kappa shape index (κ3) is 5.12. The molecule has 3 rings (SSSR count). The van der Waals surface area contributed by atoms with E-state index in [1.807, 2.05) is 6.07 Å². The Morgan fingerprint density at radius 2 is 1.86 bits per heavy atom. The number of amides is 2. The van der Waals surface area contributed by atoms with Gasteiger partial charge in [0.25, 0.3) is 5.91 Å². The SMILES string of the molecule is COc1ccc(Cl)cc1-c1noc(C(=O)NCCNC(=O)c2ccccc2Br)n1. The third-order valence-electron chi connectivity index (χ3n) is 3.84. The number of nitrogens with one attached hydrogen (secondary N) is 2. The van der Waals surface area contributed by atoms with E-state index in [9.17, 15) is 9.59 Å². The van der Waals surface area contributed by atoms with Gasteiger partial charge in [0.2, 0.25) is 5.82 Å². The Morgan fingerprint density at radius 1 is 1.14 bits per heavy atom. The first kappa shape index (κ1) is 20.8. The number of aromatic nitrogens is 2. The minimum atomic E-state index is -0.556. The number of carbonyl (C=O) groups excluding carboxylic acids is 2. The van der Waals surface area contributed by atoms with Crippen molar-refractivity contribution in [3.63, 3.8) is 0 Å². The van der Waals surface area contributed by atoms with Crippen LogP contribution in [0.3, 0.4) is 0 Å². The lowest BCUT2D eigenvalue weighted by Gasteiger charge is -2.07. The highest BCUT2D eigenvalue weighted by atomic mass is 79.9. The van der Waals surface area contributed by atoms with Gasteiger partial charge in [0.1, 0.15) is 5.75 Å². The maximum atomic E-state index is 12.2. The summed E-state index contributed by atoms with van der Waals surface area (Å²) in [6, 6.07) is 12.0. The average Bonchev–Trinajstić information content (AvgIpc) is 3.21. The van der Waals surface area contributed by atoms with Crippen LogP contribution in [0.5, 0.6) is 5.75 Å². The van der Waals surface area contributed by atoms with Gasteiger partial charge in [-0.05, 0) is 46.3 Å². The molecule has 0 aliphatic rings. The fourth-order valence-corrected chi connectivity index (χ4v) is 3.09. The molecule has 150 valence electrons. The van der Waals surface area contributed by atoms with Crippen molar-refractivity contribution >= 4 is 39.3 Å². The van der Waals surface area contributed by atoms with Crippen molar-refractivity contribution in [3.05, 3.63) is 63.4 Å². The molecule has 3 aromatic rings. The van der Waals surface area contributed by atoms with Crippen molar-refractivity contribution in [2.24, 2.45) is 0 Å². The maximum absolute atomic E-state index is 12.2. The first-order valence-corrected chi connectivity index (χ1v) is 9.65. The molecular formula is C19H16BrClN4O4. The molecule has 1 heterocycles.